The summed E-state index contributed by atoms with van der Waals surface area (Å²) in [4.78, 5) is 12.2. The van der Waals surface area contributed by atoms with Crippen molar-refractivity contribution in [2.24, 2.45) is 0 Å². The molecule has 5 heteroatoms. The molecule has 0 aliphatic heterocycles. The number of rotatable bonds is 6. The summed E-state index contributed by atoms with van der Waals surface area (Å²) < 4.78 is 13.5. The van der Waals surface area contributed by atoms with E-state index in [2.05, 4.69) is 10.6 Å². The Labute approximate surface area is 140 Å². The first-order valence-electron chi connectivity index (χ1n) is 7.54. The second kappa shape index (κ2) is 8.49. The number of nitrogens with zero attached hydrogens (tertiary/aromatic N) is 1. The Hall–Kier alpha value is -3.13. The van der Waals surface area contributed by atoms with Crippen molar-refractivity contribution >= 4 is 5.91 Å². The van der Waals surface area contributed by atoms with Crippen molar-refractivity contribution in [1.82, 2.24) is 10.6 Å². The molecule has 0 fully saturated rings. The lowest BCUT2D eigenvalue weighted by atomic mass is 10.1. The number of nitriles is 1. The van der Waals surface area contributed by atoms with Gasteiger partial charge in [0.1, 0.15) is 17.5 Å². The highest BCUT2D eigenvalue weighted by Crippen LogP contribution is 2.12. The maximum absolute atomic E-state index is 13.5. The zero-order chi connectivity index (χ0) is 17.4. The number of carbonyl (C=O) groups excluding carboxylic acids is 1. The molecule has 0 spiro atoms. The number of amides is 1. The molecule has 0 heterocycles. The molecule has 122 valence electrons. The fraction of sp³-hybridized carbons (Fsp3) is 0.158. The minimum Gasteiger partial charge on any atom is -0.385 e. The normalized spacial score (nSPS) is 12.1. The lowest BCUT2D eigenvalue weighted by Gasteiger charge is -2.13. The van der Waals surface area contributed by atoms with Gasteiger partial charge in [-0.1, -0.05) is 48.5 Å². The van der Waals surface area contributed by atoms with Gasteiger partial charge in [0.25, 0.3) is 5.91 Å². The third-order valence-electron chi connectivity index (χ3n) is 3.51. The number of hydrogen-bond acceptors (Lipinski definition) is 3. The van der Waals surface area contributed by atoms with Gasteiger partial charge in [0, 0.05) is 18.3 Å². The number of benzene rings is 2. The van der Waals surface area contributed by atoms with Crippen molar-refractivity contribution in [2.75, 3.05) is 0 Å². The van der Waals surface area contributed by atoms with E-state index >= 15 is 0 Å². The summed E-state index contributed by atoms with van der Waals surface area (Å²) in [5, 5.41) is 14.7. The molecule has 2 aromatic carbocycles. The summed E-state index contributed by atoms with van der Waals surface area (Å²) in [5.74, 6) is -0.811. The summed E-state index contributed by atoms with van der Waals surface area (Å²) in [7, 11) is 0. The van der Waals surface area contributed by atoms with E-state index in [1.54, 1.807) is 18.2 Å². The van der Waals surface area contributed by atoms with Gasteiger partial charge in [0.2, 0.25) is 0 Å². The maximum Gasteiger partial charge on any atom is 0.263 e. The van der Waals surface area contributed by atoms with Crippen molar-refractivity contribution in [3.63, 3.8) is 0 Å². The van der Waals surface area contributed by atoms with Gasteiger partial charge >= 0.3 is 0 Å². The maximum atomic E-state index is 13.5. The highest BCUT2D eigenvalue weighted by Gasteiger charge is 2.13. The Kier molecular flexibility index (Phi) is 6.09. The molecule has 24 heavy (non-hydrogen) atoms. The first-order chi connectivity index (χ1) is 11.6. The molecule has 0 saturated heterocycles. The Balaban J connectivity index is 1.96. The van der Waals surface area contributed by atoms with Crippen LogP contribution in [0.1, 0.15) is 24.1 Å². The zero-order valence-corrected chi connectivity index (χ0v) is 13.3. The van der Waals surface area contributed by atoms with Gasteiger partial charge in [-0.3, -0.25) is 4.79 Å². The second-order valence-corrected chi connectivity index (χ2v) is 5.25. The van der Waals surface area contributed by atoms with E-state index in [1.165, 1.54) is 12.3 Å². The van der Waals surface area contributed by atoms with Gasteiger partial charge in [0.05, 0.1) is 6.04 Å². The molecule has 1 atom stereocenters. The molecule has 0 saturated carbocycles. The summed E-state index contributed by atoms with van der Waals surface area (Å²) in [6, 6.07) is 17.4. The largest absolute Gasteiger partial charge is 0.385 e. The Bertz CT molecular complexity index is 766. The minimum atomic E-state index is -0.477. The first-order valence-corrected chi connectivity index (χ1v) is 7.54. The predicted molar refractivity (Wildman–Crippen MR) is 89.9 cm³/mol. The fourth-order valence-corrected chi connectivity index (χ4v) is 2.15. The molecule has 1 unspecified atom stereocenters. The lowest BCUT2D eigenvalue weighted by Crippen LogP contribution is -2.28. The topological polar surface area (TPSA) is 64.9 Å². The average molecular weight is 323 g/mol. The molecule has 2 N–H and O–H groups in total. The van der Waals surface area contributed by atoms with E-state index in [9.17, 15) is 9.18 Å². The SMILES string of the molecule is CC(NC(=O)/C(C#N)=C\NCc1ccccc1F)c1ccccc1. The molecule has 0 aliphatic rings. The van der Waals surface area contributed by atoms with E-state index in [0.717, 1.165) is 5.56 Å². The standard InChI is InChI=1S/C19H18FN3O/c1-14(15-7-3-2-4-8-15)23-19(24)17(11-21)13-22-12-16-9-5-6-10-18(16)20/h2-10,13-14,22H,12H2,1H3,(H,23,24)/b17-13-. The molecular formula is C19H18FN3O. The molecule has 0 radical (unpaired) electrons. The Morgan fingerprint density at radius 2 is 1.88 bits per heavy atom. The van der Waals surface area contributed by atoms with Crippen LogP contribution in [0.3, 0.4) is 0 Å². The van der Waals surface area contributed by atoms with Crippen LogP contribution in [0, 0.1) is 17.1 Å². The highest BCUT2D eigenvalue weighted by atomic mass is 19.1. The molecular weight excluding hydrogens is 305 g/mol. The third-order valence-corrected chi connectivity index (χ3v) is 3.51. The van der Waals surface area contributed by atoms with Crippen LogP contribution in [0.4, 0.5) is 4.39 Å². The van der Waals surface area contributed by atoms with E-state index in [0.29, 0.717) is 5.56 Å². The van der Waals surface area contributed by atoms with Gasteiger partial charge < -0.3 is 10.6 Å². The first kappa shape index (κ1) is 17.2. The molecule has 2 rings (SSSR count). The van der Waals surface area contributed by atoms with Gasteiger partial charge in [-0.15, -0.1) is 0 Å². The summed E-state index contributed by atoms with van der Waals surface area (Å²) >= 11 is 0. The second-order valence-electron chi connectivity index (χ2n) is 5.25. The van der Waals surface area contributed by atoms with Crippen molar-refractivity contribution < 1.29 is 9.18 Å². The van der Waals surface area contributed by atoms with Crippen LogP contribution >= 0.6 is 0 Å². The Morgan fingerprint density at radius 1 is 1.21 bits per heavy atom. The number of hydrogen-bond donors (Lipinski definition) is 2. The number of halogens is 1. The van der Waals surface area contributed by atoms with Crippen molar-refractivity contribution in [3.8, 4) is 6.07 Å². The van der Waals surface area contributed by atoms with Crippen molar-refractivity contribution in [1.29, 1.82) is 5.26 Å². The van der Waals surface area contributed by atoms with Crippen LogP contribution < -0.4 is 10.6 Å². The quantitative estimate of drug-likeness (QED) is 0.634. The van der Waals surface area contributed by atoms with Crippen molar-refractivity contribution in [3.05, 3.63) is 83.3 Å². The minimum absolute atomic E-state index is 0.0610. The molecule has 0 bridgehead atoms. The predicted octanol–water partition coefficient (Wildman–Crippen LogP) is 3.20. The van der Waals surface area contributed by atoms with Gasteiger partial charge in [-0.05, 0) is 18.6 Å². The van der Waals surface area contributed by atoms with E-state index in [1.807, 2.05) is 43.3 Å². The van der Waals surface area contributed by atoms with Crippen LogP contribution in [-0.4, -0.2) is 5.91 Å². The van der Waals surface area contributed by atoms with Crippen LogP contribution in [0.25, 0.3) is 0 Å². The smallest absolute Gasteiger partial charge is 0.263 e. The molecule has 4 nitrogen and oxygen atoms in total. The number of carbonyl (C=O) groups is 1. The molecule has 1 amide bonds. The van der Waals surface area contributed by atoms with E-state index in [-0.39, 0.29) is 24.0 Å². The fourth-order valence-electron chi connectivity index (χ4n) is 2.15. The molecule has 0 aliphatic carbocycles. The van der Waals surface area contributed by atoms with Gasteiger partial charge in [0.15, 0.2) is 0 Å². The van der Waals surface area contributed by atoms with E-state index < -0.39 is 5.91 Å². The van der Waals surface area contributed by atoms with E-state index in [4.69, 9.17) is 5.26 Å². The highest BCUT2D eigenvalue weighted by molar-refractivity contribution is 5.97. The van der Waals surface area contributed by atoms with Crippen LogP contribution in [0.2, 0.25) is 0 Å². The average Bonchev–Trinajstić information content (AvgIpc) is 2.60. The monoisotopic (exact) mass is 323 g/mol. The van der Waals surface area contributed by atoms with Crippen LogP contribution in [-0.2, 0) is 11.3 Å². The van der Waals surface area contributed by atoms with Crippen molar-refractivity contribution in [2.45, 2.75) is 19.5 Å². The van der Waals surface area contributed by atoms with Crippen LogP contribution in [0.5, 0.6) is 0 Å². The van der Waals surface area contributed by atoms with Gasteiger partial charge in [-0.2, -0.15) is 5.26 Å². The number of nitrogens with one attached hydrogen (secondary N) is 2. The summed E-state index contributed by atoms with van der Waals surface area (Å²) in [6.45, 7) is 2.04. The summed E-state index contributed by atoms with van der Waals surface area (Å²) in [6.07, 6.45) is 1.31. The summed E-state index contributed by atoms with van der Waals surface area (Å²) in [5.41, 5.74) is 1.35. The molecule has 0 aromatic heterocycles. The lowest BCUT2D eigenvalue weighted by molar-refractivity contribution is -0.117. The zero-order valence-electron chi connectivity index (χ0n) is 13.3. The van der Waals surface area contributed by atoms with Crippen LogP contribution in [0.15, 0.2) is 66.4 Å². The van der Waals surface area contributed by atoms with Gasteiger partial charge in [-0.25, -0.2) is 4.39 Å². The Morgan fingerprint density at radius 3 is 2.54 bits per heavy atom. The molecule has 2 aromatic rings. The third kappa shape index (κ3) is 4.68.